The van der Waals surface area contributed by atoms with Gasteiger partial charge in [-0.2, -0.15) is 0 Å². The first-order valence-electron chi connectivity index (χ1n) is 7.33. The molecule has 0 bridgehead atoms. The monoisotopic (exact) mass is 287 g/mol. The Bertz CT molecular complexity index is 263. The van der Waals surface area contributed by atoms with Crippen molar-refractivity contribution >= 4 is 17.2 Å². The first kappa shape index (κ1) is 16.8. The lowest BCUT2D eigenvalue weighted by Gasteiger charge is -2.34. The third-order valence-corrected chi connectivity index (χ3v) is 4.19. The van der Waals surface area contributed by atoms with Crippen molar-refractivity contribution in [1.82, 2.24) is 9.80 Å². The van der Waals surface area contributed by atoms with Crippen LogP contribution in [0.5, 0.6) is 0 Å². The van der Waals surface area contributed by atoms with Crippen LogP contribution in [0.25, 0.3) is 0 Å². The molecule has 2 N–H and O–H groups in total. The van der Waals surface area contributed by atoms with Gasteiger partial charge in [0.1, 0.15) is 0 Å². The molecule has 1 saturated heterocycles. The van der Waals surface area contributed by atoms with Gasteiger partial charge in [-0.3, -0.25) is 0 Å². The predicted octanol–water partition coefficient (Wildman–Crippen LogP) is 1.49. The molecular weight excluding hydrogens is 258 g/mol. The minimum Gasteiger partial charge on any atom is -0.393 e. The van der Waals surface area contributed by atoms with Crippen molar-refractivity contribution in [3.05, 3.63) is 0 Å². The van der Waals surface area contributed by atoms with Crippen molar-refractivity contribution < 1.29 is 4.74 Å². The SMILES string of the molecule is COCCN(CCC(N)=S)CCC1CCCCN1C. The molecule has 1 rings (SSSR count). The molecule has 1 aliphatic rings. The Morgan fingerprint density at radius 1 is 1.37 bits per heavy atom. The molecule has 5 heteroatoms. The zero-order chi connectivity index (χ0) is 14.1. The molecule has 0 aromatic rings. The molecule has 0 spiro atoms. The van der Waals surface area contributed by atoms with E-state index >= 15 is 0 Å². The number of likely N-dealkylation sites (tertiary alicyclic amines) is 1. The summed E-state index contributed by atoms with van der Waals surface area (Å²) in [4.78, 5) is 5.54. The third kappa shape index (κ3) is 7.20. The lowest BCUT2D eigenvalue weighted by molar-refractivity contribution is 0.126. The maximum Gasteiger partial charge on any atom is 0.0740 e. The molecule has 4 nitrogen and oxygen atoms in total. The Morgan fingerprint density at radius 3 is 2.79 bits per heavy atom. The van der Waals surface area contributed by atoms with E-state index in [1.165, 1.54) is 32.2 Å². The van der Waals surface area contributed by atoms with E-state index in [4.69, 9.17) is 22.7 Å². The molecule has 1 fully saturated rings. The molecule has 1 atom stereocenters. The number of nitrogens with zero attached hydrogens (tertiary/aromatic N) is 2. The standard InChI is InChI=1S/C14H29N3OS/c1-16-8-4-3-5-13(16)6-9-17(11-12-18-2)10-7-14(15)19/h13H,3-12H2,1-2H3,(H2,15,19). The van der Waals surface area contributed by atoms with Crippen molar-refractivity contribution in [3.8, 4) is 0 Å². The van der Waals surface area contributed by atoms with Gasteiger partial charge in [0.2, 0.25) is 0 Å². The van der Waals surface area contributed by atoms with Gasteiger partial charge < -0.3 is 20.3 Å². The number of nitrogens with two attached hydrogens (primary N) is 1. The van der Waals surface area contributed by atoms with Gasteiger partial charge in [-0.05, 0) is 39.4 Å². The molecule has 0 aromatic carbocycles. The highest BCUT2D eigenvalue weighted by atomic mass is 32.1. The molecule has 0 saturated carbocycles. The van der Waals surface area contributed by atoms with Crippen LogP contribution in [-0.4, -0.2) is 67.8 Å². The van der Waals surface area contributed by atoms with Crippen molar-refractivity contribution in [2.45, 2.75) is 38.1 Å². The molecule has 1 unspecified atom stereocenters. The van der Waals surface area contributed by atoms with Gasteiger partial charge in [0.15, 0.2) is 0 Å². The van der Waals surface area contributed by atoms with E-state index in [-0.39, 0.29) is 0 Å². The van der Waals surface area contributed by atoms with E-state index in [1.807, 2.05) is 0 Å². The summed E-state index contributed by atoms with van der Waals surface area (Å²) in [5.41, 5.74) is 5.60. The fraction of sp³-hybridized carbons (Fsp3) is 0.929. The quantitative estimate of drug-likeness (QED) is 0.651. The summed E-state index contributed by atoms with van der Waals surface area (Å²) in [5.74, 6) is 0. The van der Waals surface area contributed by atoms with Crippen molar-refractivity contribution in [2.24, 2.45) is 5.73 Å². The largest absolute Gasteiger partial charge is 0.393 e. The van der Waals surface area contributed by atoms with Gasteiger partial charge in [-0.25, -0.2) is 0 Å². The van der Waals surface area contributed by atoms with Crippen molar-refractivity contribution in [3.63, 3.8) is 0 Å². The highest BCUT2D eigenvalue weighted by molar-refractivity contribution is 7.80. The van der Waals surface area contributed by atoms with Gasteiger partial charge >= 0.3 is 0 Å². The molecule has 1 aliphatic heterocycles. The Balaban J connectivity index is 2.31. The molecule has 19 heavy (non-hydrogen) atoms. The molecule has 0 radical (unpaired) electrons. The number of methoxy groups -OCH3 is 1. The molecule has 112 valence electrons. The number of piperidine rings is 1. The molecule has 0 amide bonds. The summed E-state index contributed by atoms with van der Waals surface area (Å²) < 4.78 is 5.18. The number of hydrogen-bond acceptors (Lipinski definition) is 4. The van der Waals surface area contributed by atoms with Crippen LogP contribution in [0.2, 0.25) is 0 Å². The average Bonchev–Trinajstić information content (AvgIpc) is 2.39. The van der Waals surface area contributed by atoms with Crippen LogP contribution in [0.1, 0.15) is 32.1 Å². The van der Waals surface area contributed by atoms with Crippen LogP contribution >= 0.6 is 12.2 Å². The van der Waals surface area contributed by atoms with Gasteiger partial charge in [0.05, 0.1) is 11.6 Å². The maximum atomic E-state index is 5.60. The summed E-state index contributed by atoms with van der Waals surface area (Å²) in [7, 11) is 4.00. The summed E-state index contributed by atoms with van der Waals surface area (Å²) in [6.07, 6.45) is 6.10. The number of rotatable bonds is 9. The zero-order valence-electron chi connectivity index (χ0n) is 12.4. The van der Waals surface area contributed by atoms with Crippen LogP contribution in [0, 0.1) is 0 Å². The summed E-state index contributed by atoms with van der Waals surface area (Å²) >= 11 is 4.97. The summed E-state index contributed by atoms with van der Waals surface area (Å²) in [6, 6.07) is 0.739. The molecular formula is C14H29N3OS. The Kier molecular flexibility index (Phi) is 8.53. The van der Waals surface area contributed by atoms with Crippen molar-refractivity contribution in [2.75, 3.05) is 46.9 Å². The Morgan fingerprint density at radius 2 is 2.16 bits per heavy atom. The maximum absolute atomic E-state index is 5.60. The van der Waals surface area contributed by atoms with E-state index in [0.717, 1.165) is 38.7 Å². The second kappa shape index (κ2) is 9.64. The van der Waals surface area contributed by atoms with Crippen LogP contribution in [0.3, 0.4) is 0 Å². The molecule has 0 aromatic heterocycles. The molecule has 0 aliphatic carbocycles. The van der Waals surface area contributed by atoms with E-state index in [0.29, 0.717) is 4.99 Å². The summed E-state index contributed by atoms with van der Waals surface area (Å²) in [6.45, 7) is 5.05. The smallest absolute Gasteiger partial charge is 0.0740 e. The highest BCUT2D eigenvalue weighted by Crippen LogP contribution is 2.18. The first-order chi connectivity index (χ1) is 9.13. The van der Waals surface area contributed by atoms with E-state index in [1.54, 1.807) is 7.11 Å². The zero-order valence-corrected chi connectivity index (χ0v) is 13.3. The van der Waals surface area contributed by atoms with Crippen LogP contribution in [0.15, 0.2) is 0 Å². The second-order valence-corrected chi connectivity index (χ2v) is 5.99. The minimum atomic E-state index is 0.609. The second-order valence-electron chi connectivity index (χ2n) is 5.47. The highest BCUT2D eigenvalue weighted by Gasteiger charge is 2.19. The summed E-state index contributed by atoms with van der Waals surface area (Å²) in [5, 5.41) is 0. The van der Waals surface area contributed by atoms with E-state index < -0.39 is 0 Å². The Hall–Kier alpha value is -0.230. The fourth-order valence-corrected chi connectivity index (χ4v) is 2.76. The fourth-order valence-electron chi connectivity index (χ4n) is 2.66. The van der Waals surface area contributed by atoms with Gasteiger partial charge in [0.25, 0.3) is 0 Å². The number of hydrogen-bond donors (Lipinski definition) is 1. The number of thiocarbonyl (C=S) groups is 1. The van der Waals surface area contributed by atoms with Gasteiger partial charge in [0, 0.05) is 32.7 Å². The van der Waals surface area contributed by atoms with Gasteiger partial charge in [-0.1, -0.05) is 18.6 Å². The normalized spacial score (nSPS) is 20.9. The first-order valence-corrected chi connectivity index (χ1v) is 7.74. The third-order valence-electron chi connectivity index (χ3n) is 3.99. The minimum absolute atomic E-state index is 0.609. The van der Waals surface area contributed by atoms with E-state index in [9.17, 15) is 0 Å². The lowest BCUT2D eigenvalue weighted by atomic mass is 10.00. The average molecular weight is 287 g/mol. The topological polar surface area (TPSA) is 41.7 Å². The number of ether oxygens (including phenoxy) is 1. The van der Waals surface area contributed by atoms with E-state index in [2.05, 4.69) is 16.8 Å². The predicted molar refractivity (Wildman–Crippen MR) is 84.6 cm³/mol. The Labute approximate surface area is 123 Å². The van der Waals surface area contributed by atoms with Crippen LogP contribution in [0.4, 0.5) is 0 Å². The molecule has 1 heterocycles. The van der Waals surface area contributed by atoms with Crippen molar-refractivity contribution in [1.29, 1.82) is 0 Å². The lowest BCUT2D eigenvalue weighted by Crippen LogP contribution is -2.40. The van der Waals surface area contributed by atoms with Crippen LogP contribution in [-0.2, 0) is 4.74 Å². The van der Waals surface area contributed by atoms with Gasteiger partial charge in [-0.15, -0.1) is 0 Å². The van der Waals surface area contributed by atoms with Crippen LogP contribution < -0.4 is 5.73 Å².